The second-order valence-corrected chi connectivity index (χ2v) is 5.85. The van der Waals surface area contributed by atoms with Crippen LogP contribution in [0.4, 0.5) is 8.78 Å². The van der Waals surface area contributed by atoms with Crippen LogP contribution in [0.25, 0.3) is 0 Å². The van der Waals surface area contributed by atoms with E-state index in [1.54, 1.807) is 4.90 Å². The highest BCUT2D eigenvalue weighted by atomic mass is 19.3. The van der Waals surface area contributed by atoms with E-state index < -0.39 is 6.61 Å². The number of methoxy groups -OCH3 is 1. The van der Waals surface area contributed by atoms with E-state index in [0.29, 0.717) is 12.1 Å². The number of rotatable bonds is 4. The predicted molar refractivity (Wildman–Crippen MR) is 80.2 cm³/mol. The minimum atomic E-state index is -2.97. The lowest BCUT2D eigenvalue weighted by atomic mass is 10.1. The fourth-order valence-corrected chi connectivity index (χ4v) is 3.35. The Kier molecular flexibility index (Phi) is 4.55. The van der Waals surface area contributed by atoms with Crippen molar-refractivity contribution in [2.45, 2.75) is 38.0 Å². The van der Waals surface area contributed by atoms with Crippen LogP contribution >= 0.6 is 0 Å². The molecule has 0 saturated carbocycles. The largest absolute Gasteiger partial charge is 0.493 e. The molecule has 2 atom stereocenters. The maximum atomic E-state index is 12.9. The molecule has 6 nitrogen and oxygen atoms in total. The minimum Gasteiger partial charge on any atom is -0.493 e. The normalized spacial score (nSPS) is 23.0. The van der Waals surface area contributed by atoms with Crippen LogP contribution in [0, 0.1) is 0 Å². The molecule has 8 heteroatoms. The SMILES string of the molecule is COc1cc(C(=O)N2[C@H]3CC[C@H]2CC(=O)NC3)ccc1OC(F)F. The highest BCUT2D eigenvalue weighted by molar-refractivity contribution is 5.96. The van der Waals surface area contributed by atoms with Crippen LogP contribution in [-0.4, -0.2) is 49.1 Å². The Labute approximate surface area is 137 Å². The number of hydrogen-bond acceptors (Lipinski definition) is 4. The van der Waals surface area contributed by atoms with Crippen LogP contribution in [0.3, 0.4) is 0 Å². The fourth-order valence-electron chi connectivity index (χ4n) is 3.35. The molecule has 1 N–H and O–H groups in total. The highest BCUT2D eigenvalue weighted by Gasteiger charge is 2.40. The standard InChI is InChI=1S/C16H18F2N2O4/c1-23-13-6-9(2-5-12(13)24-16(17)18)15(22)20-10-3-4-11(20)8-19-14(21)7-10/h2,5-6,10-11,16H,3-4,7-8H2,1H3,(H,19,21)/t10-,11-/m0/s1. The summed E-state index contributed by atoms with van der Waals surface area (Å²) in [6.07, 6.45) is 1.90. The van der Waals surface area contributed by atoms with Gasteiger partial charge in [0.2, 0.25) is 5.91 Å². The molecular formula is C16H18F2N2O4. The summed E-state index contributed by atoms with van der Waals surface area (Å²) in [4.78, 5) is 26.3. The quantitative estimate of drug-likeness (QED) is 0.907. The lowest BCUT2D eigenvalue weighted by molar-refractivity contribution is -0.121. The Hall–Kier alpha value is -2.38. The van der Waals surface area contributed by atoms with Gasteiger partial charge in [0, 0.05) is 30.6 Å². The Morgan fingerprint density at radius 2 is 2.04 bits per heavy atom. The molecule has 2 amide bonds. The number of carbonyl (C=O) groups excluding carboxylic acids is 2. The molecule has 2 fully saturated rings. The van der Waals surface area contributed by atoms with Gasteiger partial charge in [0.25, 0.3) is 5.91 Å². The minimum absolute atomic E-state index is 0.0445. The summed E-state index contributed by atoms with van der Waals surface area (Å²) in [5, 5.41) is 2.80. The zero-order chi connectivity index (χ0) is 17.3. The fraction of sp³-hybridized carbons (Fsp3) is 0.500. The molecule has 1 aromatic carbocycles. The average molecular weight is 340 g/mol. The maximum absolute atomic E-state index is 12.9. The van der Waals surface area contributed by atoms with Crippen molar-refractivity contribution < 1.29 is 27.8 Å². The number of nitrogens with zero attached hydrogens (tertiary/aromatic N) is 1. The van der Waals surface area contributed by atoms with Crippen molar-refractivity contribution in [1.29, 1.82) is 0 Å². The third kappa shape index (κ3) is 3.13. The van der Waals surface area contributed by atoms with Crippen molar-refractivity contribution in [2.24, 2.45) is 0 Å². The molecule has 0 unspecified atom stereocenters. The van der Waals surface area contributed by atoms with E-state index in [4.69, 9.17) is 4.74 Å². The van der Waals surface area contributed by atoms with Gasteiger partial charge in [-0.25, -0.2) is 0 Å². The van der Waals surface area contributed by atoms with Crippen LogP contribution in [0.15, 0.2) is 18.2 Å². The Bertz CT molecular complexity index is 653. The second kappa shape index (κ2) is 6.62. The molecule has 2 heterocycles. The van der Waals surface area contributed by atoms with Gasteiger partial charge >= 0.3 is 6.61 Å². The van der Waals surface area contributed by atoms with Crippen molar-refractivity contribution in [3.8, 4) is 11.5 Å². The zero-order valence-corrected chi connectivity index (χ0v) is 13.1. The van der Waals surface area contributed by atoms with Crippen molar-refractivity contribution in [3.05, 3.63) is 23.8 Å². The van der Waals surface area contributed by atoms with Gasteiger partial charge in [0.1, 0.15) is 0 Å². The van der Waals surface area contributed by atoms with Gasteiger partial charge in [-0.3, -0.25) is 9.59 Å². The number of alkyl halides is 2. The molecule has 2 bridgehead atoms. The molecule has 2 aliphatic rings. The number of halogens is 2. The van der Waals surface area contributed by atoms with E-state index in [-0.39, 0.29) is 41.8 Å². The number of carbonyl (C=O) groups is 2. The third-order valence-corrected chi connectivity index (χ3v) is 4.44. The van der Waals surface area contributed by atoms with Gasteiger partial charge in [0.05, 0.1) is 7.11 Å². The van der Waals surface area contributed by atoms with Gasteiger partial charge in [-0.2, -0.15) is 8.78 Å². The number of ether oxygens (including phenoxy) is 2. The van der Waals surface area contributed by atoms with E-state index in [1.165, 1.54) is 25.3 Å². The first-order valence-electron chi connectivity index (χ1n) is 7.72. The van der Waals surface area contributed by atoms with Crippen molar-refractivity contribution >= 4 is 11.8 Å². The van der Waals surface area contributed by atoms with Gasteiger partial charge in [-0.15, -0.1) is 0 Å². The topological polar surface area (TPSA) is 67.9 Å². The van der Waals surface area contributed by atoms with E-state index in [0.717, 1.165) is 12.8 Å². The van der Waals surface area contributed by atoms with Crippen molar-refractivity contribution in [1.82, 2.24) is 10.2 Å². The van der Waals surface area contributed by atoms with Crippen molar-refractivity contribution in [2.75, 3.05) is 13.7 Å². The number of hydrogen-bond donors (Lipinski definition) is 1. The molecule has 0 spiro atoms. The number of fused-ring (bicyclic) bond motifs is 2. The molecule has 24 heavy (non-hydrogen) atoms. The lowest BCUT2D eigenvalue weighted by Gasteiger charge is -2.27. The van der Waals surface area contributed by atoms with Gasteiger partial charge in [0.15, 0.2) is 11.5 Å². The monoisotopic (exact) mass is 340 g/mol. The van der Waals surface area contributed by atoms with E-state index >= 15 is 0 Å². The molecular weight excluding hydrogens is 322 g/mol. The van der Waals surface area contributed by atoms with Crippen LogP contribution in [0.2, 0.25) is 0 Å². The van der Waals surface area contributed by atoms with Crippen LogP contribution in [-0.2, 0) is 4.79 Å². The second-order valence-electron chi connectivity index (χ2n) is 5.85. The van der Waals surface area contributed by atoms with Crippen LogP contribution in [0.1, 0.15) is 29.6 Å². The van der Waals surface area contributed by atoms with Gasteiger partial charge < -0.3 is 19.7 Å². The first-order chi connectivity index (χ1) is 11.5. The lowest BCUT2D eigenvalue weighted by Crippen LogP contribution is -2.42. The summed E-state index contributed by atoms with van der Waals surface area (Å²) in [7, 11) is 1.32. The molecule has 0 radical (unpaired) electrons. The summed E-state index contributed by atoms with van der Waals surface area (Å²) in [6.45, 7) is -2.54. The molecule has 3 rings (SSSR count). The Balaban J connectivity index is 1.86. The summed E-state index contributed by atoms with van der Waals surface area (Å²) in [6, 6.07) is 3.94. The van der Waals surface area contributed by atoms with Crippen LogP contribution < -0.4 is 14.8 Å². The number of nitrogens with one attached hydrogen (secondary N) is 1. The molecule has 2 aliphatic heterocycles. The molecule has 0 aromatic heterocycles. The number of benzene rings is 1. The van der Waals surface area contributed by atoms with E-state index in [1.807, 2.05) is 0 Å². The average Bonchev–Trinajstić information content (AvgIpc) is 2.85. The first-order valence-corrected chi connectivity index (χ1v) is 7.72. The summed E-state index contributed by atoms with van der Waals surface area (Å²) in [5.74, 6) is -0.351. The molecule has 1 aromatic rings. The van der Waals surface area contributed by atoms with Crippen molar-refractivity contribution in [3.63, 3.8) is 0 Å². The van der Waals surface area contributed by atoms with E-state index in [9.17, 15) is 18.4 Å². The molecule has 130 valence electrons. The highest BCUT2D eigenvalue weighted by Crippen LogP contribution is 2.33. The predicted octanol–water partition coefficient (Wildman–Crippen LogP) is 1.79. The van der Waals surface area contributed by atoms with Crippen LogP contribution in [0.5, 0.6) is 11.5 Å². The first kappa shape index (κ1) is 16.5. The Morgan fingerprint density at radius 1 is 1.29 bits per heavy atom. The van der Waals surface area contributed by atoms with Gasteiger partial charge in [-0.05, 0) is 31.0 Å². The number of amides is 2. The molecule has 2 saturated heterocycles. The summed E-state index contributed by atoms with van der Waals surface area (Å²) in [5.41, 5.74) is 0.319. The zero-order valence-electron chi connectivity index (χ0n) is 13.1. The smallest absolute Gasteiger partial charge is 0.387 e. The summed E-state index contributed by atoms with van der Waals surface area (Å²) < 4.78 is 34.2. The maximum Gasteiger partial charge on any atom is 0.387 e. The Morgan fingerprint density at radius 3 is 2.75 bits per heavy atom. The van der Waals surface area contributed by atoms with Gasteiger partial charge in [-0.1, -0.05) is 0 Å². The third-order valence-electron chi connectivity index (χ3n) is 4.44. The van der Waals surface area contributed by atoms with E-state index in [2.05, 4.69) is 10.1 Å². The molecule has 0 aliphatic carbocycles. The summed E-state index contributed by atoms with van der Waals surface area (Å²) >= 11 is 0.